The van der Waals surface area contributed by atoms with Crippen LogP contribution in [0.25, 0.3) is 0 Å². The minimum atomic E-state index is -0.510. The standard InChI is InChI=1S/C11H20N6O3/c1-8-9(17(19)20)10(15-11(14-8)16-12)13-6-4-2-3-5-7-18/h18H,2-7,12H2,1H3,(H2,13,14,15,16). The van der Waals surface area contributed by atoms with Gasteiger partial charge in [-0.1, -0.05) is 12.8 Å². The number of hydrogen-bond acceptors (Lipinski definition) is 8. The summed E-state index contributed by atoms with van der Waals surface area (Å²) in [4.78, 5) is 18.4. The number of hydrogen-bond donors (Lipinski definition) is 4. The fourth-order valence-electron chi connectivity index (χ4n) is 1.77. The molecule has 0 aromatic carbocycles. The average Bonchev–Trinajstić information content (AvgIpc) is 2.41. The zero-order valence-electron chi connectivity index (χ0n) is 11.4. The van der Waals surface area contributed by atoms with Gasteiger partial charge in [0.25, 0.3) is 0 Å². The second-order valence-corrected chi connectivity index (χ2v) is 4.30. The number of aliphatic hydroxyl groups is 1. The minimum Gasteiger partial charge on any atom is -0.396 e. The highest BCUT2D eigenvalue weighted by Crippen LogP contribution is 2.26. The van der Waals surface area contributed by atoms with E-state index < -0.39 is 4.92 Å². The molecule has 20 heavy (non-hydrogen) atoms. The Morgan fingerprint density at radius 2 is 2.00 bits per heavy atom. The summed E-state index contributed by atoms with van der Waals surface area (Å²) in [5.41, 5.74) is 2.39. The smallest absolute Gasteiger partial charge is 0.332 e. The molecule has 0 atom stereocenters. The largest absolute Gasteiger partial charge is 0.396 e. The number of nitro groups is 1. The van der Waals surface area contributed by atoms with Crippen LogP contribution in [0.3, 0.4) is 0 Å². The van der Waals surface area contributed by atoms with Crippen molar-refractivity contribution in [1.29, 1.82) is 0 Å². The highest BCUT2D eigenvalue weighted by Gasteiger charge is 2.21. The summed E-state index contributed by atoms with van der Waals surface area (Å²) in [6.07, 6.45) is 3.48. The molecule has 5 N–H and O–H groups in total. The number of nitrogen functional groups attached to an aromatic ring is 1. The van der Waals surface area contributed by atoms with E-state index in [4.69, 9.17) is 10.9 Å². The third-order valence-electron chi connectivity index (χ3n) is 2.75. The summed E-state index contributed by atoms with van der Waals surface area (Å²) in [7, 11) is 0. The Balaban J connectivity index is 2.67. The molecule has 0 aliphatic carbocycles. The van der Waals surface area contributed by atoms with Crippen LogP contribution in [0.2, 0.25) is 0 Å². The number of aromatic nitrogens is 2. The van der Waals surface area contributed by atoms with Gasteiger partial charge >= 0.3 is 5.69 Å². The zero-order valence-corrected chi connectivity index (χ0v) is 11.4. The molecule has 1 aromatic heterocycles. The van der Waals surface area contributed by atoms with Crippen LogP contribution in [0.15, 0.2) is 0 Å². The number of hydrazine groups is 1. The van der Waals surface area contributed by atoms with Gasteiger partial charge in [0.1, 0.15) is 5.69 Å². The predicted octanol–water partition coefficient (Wildman–Crippen LogP) is 0.943. The van der Waals surface area contributed by atoms with Crippen LogP contribution in [0, 0.1) is 17.0 Å². The first-order chi connectivity index (χ1) is 9.60. The Labute approximate surface area is 116 Å². The maximum absolute atomic E-state index is 11.0. The van der Waals surface area contributed by atoms with Crippen molar-refractivity contribution in [2.75, 3.05) is 23.9 Å². The summed E-state index contributed by atoms with van der Waals surface area (Å²) < 4.78 is 0. The lowest BCUT2D eigenvalue weighted by molar-refractivity contribution is -0.385. The van der Waals surface area contributed by atoms with Gasteiger partial charge in [-0.05, 0) is 19.8 Å². The molecule has 0 fully saturated rings. The highest BCUT2D eigenvalue weighted by atomic mass is 16.6. The maximum Gasteiger partial charge on any atom is 0.332 e. The molecule has 0 saturated heterocycles. The molecule has 112 valence electrons. The molecule has 0 saturated carbocycles. The first-order valence-corrected chi connectivity index (χ1v) is 6.44. The van der Waals surface area contributed by atoms with E-state index in [0.29, 0.717) is 6.54 Å². The van der Waals surface area contributed by atoms with Crippen molar-refractivity contribution in [2.45, 2.75) is 32.6 Å². The summed E-state index contributed by atoms with van der Waals surface area (Å²) in [5.74, 6) is 5.53. The maximum atomic E-state index is 11.0. The number of rotatable bonds is 9. The molecular weight excluding hydrogens is 264 g/mol. The third kappa shape index (κ3) is 4.59. The van der Waals surface area contributed by atoms with Gasteiger partial charge in [0, 0.05) is 13.2 Å². The van der Waals surface area contributed by atoms with E-state index in [0.717, 1.165) is 25.7 Å². The molecule has 0 aliphatic heterocycles. The van der Waals surface area contributed by atoms with Crippen LogP contribution in [0.1, 0.15) is 31.4 Å². The third-order valence-corrected chi connectivity index (χ3v) is 2.75. The topological polar surface area (TPSA) is 139 Å². The van der Waals surface area contributed by atoms with Gasteiger partial charge < -0.3 is 10.4 Å². The monoisotopic (exact) mass is 284 g/mol. The summed E-state index contributed by atoms with van der Waals surface area (Å²) in [6, 6.07) is 0. The van der Waals surface area contributed by atoms with Crippen LogP contribution in [-0.2, 0) is 0 Å². The fourth-order valence-corrected chi connectivity index (χ4v) is 1.77. The van der Waals surface area contributed by atoms with Crippen molar-refractivity contribution < 1.29 is 10.0 Å². The van der Waals surface area contributed by atoms with Gasteiger partial charge in [-0.2, -0.15) is 4.98 Å². The van der Waals surface area contributed by atoms with Crippen molar-refractivity contribution in [3.05, 3.63) is 15.8 Å². The van der Waals surface area contributed by atoms with Crippen LogP contribution in [0.4, 0.5) is 17.5 Å². The van der Waals surface area contributed by atoms with Crippen LogP contribution in [-0.4, -0.2) is 33.1 Å². The Morgan fingerprint density at radius 3 is 2.60 bits per heavy atom. The first kappa shape index (κ1) is 16.1. The number of unbranched alkanes of at least 4 members (excludes halogenated alkanes) is 3. The number of anilines is 2. The Kier molecular flexibility index (Phi) is 6.60. The Morgan fingerprint density at radius 1 is 1.30 bits per heavy atom. The summed E-state index contributed by atoms with van der Waals surface area (Å²) in [6.45, 7) is 2.29. The summed E-state index contributed by atoms with van der Waals surface area (Å²) >= 11 is 0. The van der Waals surface area contributed by atoms with Gasteiger partial charge in [-0.3, -0.25) is 15.5 Å². The lowest BCUT2D eigenvalue weighted by atomic mass is 10.2. The summed E-state index contributed by atoms with van der Waals surface area (Å²) in [5, 5.41) is 22.6. The van der Waals surface area contributed by atoms with Crippen LogP contribution < -0.4 is 16.6 Å². The van der Waals surface area contributed by atoms with Crippen molar-refractivity contribution >= 4 is 17.5 Å². The van der Waals surface area contributed by atoms with Gasteiger partial charge in [-0.25, -0.2) is 10.8 Å². The molecule has 0 unspecified atom stereocenters. The quantitative estimate of drug-likeness (QED) is 0.227. The van der Waals surface area contributed by atoms with Crippen LogP contribution >= 0.6 is 0 Å². The molecule has 1 aromatic rings. The van der Waals surface area contributed by atoms with E-state index in [1.54, 1.807) is 0 Å². The molecule has 0 radical (unpaired) electrons. The van der Waals surface area contributed by atoms with E-state index in [2.05, 4.69) is 20.7 Å². The van der Waals surface area contributed by atoms with Gasteiger partial charge in [0.2, 0.25) is 11.8 Å². The fraction of sp³-hybridized carbons (Fsp3) is 0.636. The molecule has 0 bridgehead atoms. The highest BCUT2D eigenvalue weighted by molar-refractivity contribution is 5.60. The SMILES string of the molecule is Cc1nc(NN)nc(NCCCCCCO)c1[N+](=O)[O-]. The lowest BCUT2D eigenvalue weighted by Gasteiger charge is -2.09. The van der Waals surface area contributed by atoms with Crippen molar-refractivity contribution in [2.24, 2.45) is 5.84 Å². The molecule has 0 amide bonds. The molecular formula is C11H20N6O3. The molecule has 0 spiro atoms. The van der Waals surface area contributed by atoms with E-state index >= 15 is 0 Å². The normalized spacial score (nSPS) is 10.3. The molecule has 1 heterocycles. The van der Waals surface area contributed by atoms with Gasteiger partial charge in [0.15, 0.2) is 0 Å². The van der Waals surface area contributed by atoms with Crippen molar-refractivity contribution in [3.63, 3.8) is 0 Å². The second kappa shape index (κ2) is 8.23. The molecule has 9 heteroatoms. The number of aliphatic hydroxyl groups excluding tert-OH is 1. The molecule has 9 nitrogen and oxygen atoms in total. The lowest BCUT2D eigenvalue weighted by Crippen LogP contribution is -2.15. The minimum absolute atomic E-state index is 0.135. The number of nitrogens with one attached hydrogen (secondary N) is 2. The van der Waals surface area contributed by atoms with Crippen molar-refractivity contribution in [1.82, 2.24) is 9.97 Å². The average molecular weight is 284 g/mol. The van der Waals surface area contributed by atoms with E-state index in [-0.39, 0.29) is 29.8 Å². The Bertz CT molecular complexity index is 454. The van der Waals surface area contributed by atoms with Crippen molar-refractivity contribution in [3.8, 4) is 0 Å². The van der Waals surface area contributed by atoms with Gasteiger partial charge in [0.05, 0.1) is 4.92 Å². The van der Waals surface area contributed by atoms with E-state index in [1.165, 1.54) is 6.92 Å². The zero-order chi connectivity index (χ0) is 15.0. The van der Waals surface area contributed by atoms with Crippen LogP contribution in [0.5, 0.6) is 0 Å². The Hall–Kier alpha value is -2.00. The first-order valence-electron chi connectivity index (χ1n) is 6.44. The predicted molar refractivity (Wildman–Crippen MR) is 75.3 cm³/mol. The van der Waals surface area contributed by atoms with E-state index in [9.17, 15) is 10.1 Å². The van der Waals surface area contributed by atoms with E-state index in [1.807, 2.05) is 0 Å². The number of aryl methyl sites for hydroxylation is 1. The number of nitrogens with zero attached hydrogens (tertiary/aromatic N) is 3. The number of nitrogens with two attached hydrogens (primary N) is 1. The second-order valence-electron chi connectivity index (χ2n) is 4.30. The molecule has 0 aliphatic rings. The molecule has 1 rings (SSSR count). The van der Waals surface area contributed by atoms with Gasteiger partial charge in [-0.15, -0.1) is 0 Å².